The number of morpholine rings is 1. The first-order valence-electron chi connectivity index (χ1n) is 7.46. The van der Waals surface area contributed by atoms with Crippen molar-refractivity contribution in [1.82, 2.24) is 15.5 Å². The number of nitrogens with one attached hydrogen (secondary N) is 2. The van der Waals surface area contributed by atoms with Crippen LogP contribution in [0.4, 0.5) is 0 Å². The van der Waals surface area contributed by atoms with Gasteiger partial charge in [0.05, 0.1) is 19.3 Å². The molecule has 0 aromatic carbocycles. The van der Waals surface area contributed by atoms with Gasteiger partial charge in [-0.1, -0.05) is 0 Å². The first-order valence-corrected chi connectivity index (χ1v) is 7.46. The Balaban J connectivity index is 2.15. The van der Waals surface area contributed by atoms with Gasteiger partial charge in [-0.15, -0.1) is 0 Å². The third-order valence-electron chi connectivity index (χ3n) is 3.39. The number of hydrogen-bond acceptors (Lipinski definition) is 5. The summed E-state index contributed by atoms with van der Waals surface area (Å²) in [4.78, 5) is 14.3. The fourth-order valence-electron chi connectivity index (χ4n) is 2.31. The summed E-state index contributed by atoms with van der Waals surface area (Å²) in [6, 6.07) is 0.112. The molecule has 1 aliphatic rings. The van der Waals surface area contributed by atoms with Gasteiger partial charge >= 0.3 is 0 Å². The van der Waals surface area contributed by atoms with Crippen molar-refractivity contribution < 1.29 is 14.3 Å². The summed E-state index contributed by atoms with van der Waals surface area (Å²) >= 11 is 0. The summed E-state index contributed by atoms with van der Waals surface area (Å²) in [7, 11) is 1.67. The van der Waals surface area contributed by atoms with E-state index in [9.17, 15) is 4.79 Å². The Bertz CT molecular complexity index is 270. The SMILES string of the molecule is COCCCNC(=O)C(C)NC(C)CN1CCOCC1. The first kappa shape index (κ1) is 17.4. The molecule has 1 heterocycles. The van der Waals surface area contributed by atoms with E-state index in [1.165, 1.54) is 0 Å². The van der Waals surface area contributed by atoms with Crippen LogP contribution in [0.5, 0.6) is 0 Å². The average molecular weight is 287 g/mol. The zero-order valence-electron chi connectivity index (χ0n) is 13.0. The van der Waals surface area contributed by atoms with Crippen molar-refractivity contribution in [2.75, 3.05) is 53.1 Å². The lowest BCUT2D eigenvalue weighted by atomic mass is 10.2. The number of nitrogens with zero attached hydrogens (tertiary/aromatic N) is 1. The van der Waals surface area contributed by atoms with Gasteiger partial charge in [-0.05, 0) is 20.3 Å². The van der Waals surface area contributed by atoms with Crippen LogP contribution >= 0.6 is 0 Å². The van der Waals surface area contributed by atoms with Crippen LogP contribution in [0.3, 0.4) is 0 Å². The molecule has 0 bridgehead atoms. The molecule has 2 atom stereocenters. The fraction of sp³-hybridized carbons (Fsp3) is 0.929. The quantitative estimate of drug-likeness (QED) is 0.577. The van der Waals surface area contributed by atoms with E-state index in [-0.39, 0.29) is 18.0 Å². The molecule has 118 valence electrons. The largest absolute Gasteiger partial charge is 0.385 e. The molecule has 0 radical (unpaired) electrons. The molecule has 1 aliphatic heterocycles. The van der Waals surface area contributed by atoms with E-state index < -0.39 is 0 Å². The van der Waals surface area contributed by atoms with Crippen LogP contribution in [0, 0.1) is 0 Å². The molecule has 1 saturated heterocycles. The number of ether oxygens (including phenoxy) is 2. The molecule has 0 aliphatic carbocycles. The summed E-state index contributed by atoms with van der Waals surface area (Å²) in [6.07, 6.45) is 0.846. The maximum Gasteiger partial charge on any atom is 0.236 e. The topological polar surface area (TPSA) is 62.8 Å². The monoisotopic (exact) mass is 287 g/mol. The predicted octanol–water partition coefficient (Wildman–Crippen LogP) is -0.162. The van der Waals surface area contributed by atoms with Gasteiger partial charge in [-0.25, -0.2) is 0 Å². The Hall–Kier alpha value is -0.690. The third-order valence-corrected chi connectivity index (χ3v) is 3.39. The maximum absolute atomic E-state index is 11.9. The second-order valence-corrected chi connectivity index (χ2v) is 5.34. The summed E-state index contributed by atoms with van der Waals surface area (Å²) in [5, 5.41) is 6.25. The van der Waals surface area contributed by atoms with E-state index >= 15 is 0 Å². The highest BCUT2D eigenvalue weighted by Crippen LogP contribution is 1.99. The van der Waals surface area contributed by atoms with E-state index in [0.717, 1.165) is 39.3 Å². The molecule has 1 amide bonds. The number of carbonyl (C=O) groups is 1. The Kier molecular flexibility index (Phi) is 8.77. The fourth-order valence-corrected chi connectivity index (χ4v) is 2.31. The zero-order valence-corrected chi connectivity index (χ0v) is 13.0. The number of amides is 1. The molecule has 0 aromatic rings. The molecular formula is C14H29N3O3. The van der Waals surface area contributed by atoms with Crippen LogP contribution < -0.4 is 10.6 Å². The molecule has 0 aromatic heterocycles. The van der Waals surface area contributed by atoms with Crippen LogP contribution in [-0.4, -0.2) is 76.0 Å². The highest BCUT2D eigenvalue weighted by molar-refractivity contribution is 5.81. The van der Waals surface area contributed by atoms with Gasteiger partial charge in [0.15, 0.2) is 0 Å². The molecule has 0 saturated carbocycles. The van der Waals surface area contributed by atoms with Crippen LogP contribution in [0.25, 0.3) is 0 Å². The molecule has 20 heavy (non-hydrogen) atoms. The van der Waals surface area contributed by atoms with Gasteiger partial charge in [0.2, 0.25) is 5.91 Å². The minimum atomic E-state index is -0.173. The van der Waals surface area contributed by atoms with Crippen LogP contribution in [0.15, 0.2) is 0 Å². The molecule has 2 N–H and O–H groups in total. The number of hydrogen-bond donors (Lipinski definition) is 2. The minimum absolute atomic E-state index is 0.0509. The maximum atomic E-state index is 11.9. The number of methoxy groups -OCH3 is 1. The molecule has 6 heteroatoms. The minimum Gasteiger partial charge on any atom is -0.385 e. The van der Waals surface area contributed by atoms with E-state index in [1.54, 1.807) is 7.11 Å². The van der Waals surface area contributed by atoms with Crippen LogP contribution in [0.1, 0.15) is 20.3 Å². The average Bonchev–Trinajstić information content (AvgIpc) is 2.44. The Morgan fingerprint density at radius 3 is 2.70 bits per heavy atom. The van der Waals surface area contributed by atoms with Gasteiger partial charge in [0.1, 0.15) is 0 Å². The van der Waals surface area contributed by atoms with Gasteiger partial charge in [-0.2, -0.15) is 0 Å². The molecule has 6 nitrogen and oxygen atoms in total. The lowest BCUT2D eigenvalue weighted by molar-refractivity contribution is -0.123. The lowest BCUT2D eigenvalue weighted by Gasteiger charge is -2.30. The molecule has 1 rings (SSSR count). The highest BCUT2D eigenvalue weighted by Gasteiger charge is 2.18. The lowest BCUT2D eigenvalue weighted by Crippen LogP contribution is -2.50. The number of rotatable bonds is 9. The molecule has 2 unspecified atom stereocenters. The Labute approximate surface area is 122 Å². The predicted molar refractivity (Wildman–Crippen MR) is 78.8 cm³/mol. The van der Waals surface area contributed by atoms with E-state index in [4.69, 9.17) is 9.47 Å². The van der Waals surface area contributed by atoms with Gasteiger partial charge in [0, 0.05) is 45.9 Å². The smallest absolute Gasteiger partial charge is 0.236 e. The standard InChI is InChI=1S/C14H29N3O3/c1-12(11-17-6-9-20-10-7-17)16-13(2)14(18)15-5-4-8-19-3/h12-13,16H,4-11H2,1-3H3,(H,15,18). The van der Waals surface area contributed by atoms with E-state index in [1.807, 2.05) is 6.92 Å². The van der Waals surface area contributed by atoms with Crippen molar-refractivity contribution in [3.63, 3.8) is 0 Å². The normalized spacial score (nSPS) is 19.6. The zero-order chi connectivity index (χ0) is 14.8. The second kappa shape index (κ2) is 10.1. The van der Waals surface area contributed by atoms with Crippen molar-refractivity contribution in [3.8, 4) is 0 Å². The second-order valence-electron chi connectivity index (χ2n) is 5.34. The van der Waals surface area contributed by atoms with Crippen molar-refractivity contribution in [2.24, 2.45) is 0 Å². The Morgan fingerprint density at radius 2 is 2.05 bits per heavy atom. The summed E-state index contributed by atoms with van der Waals surface area (Å²) in [5.41, 5.74) is 0. The van der Waals surface area contributed by atoms with Gasteiger partial charge < -0.3 is 20.1 Å². The van der Waals surface area contributed by atoms with Gasteiger partial charge in [-0.3, -0.25) is 9.69 Å². The number of carbonyl (C=O) groups excluding carboxylic acids is 1. The molecule has 0 spiro atoms. The van der Waals surface area contributed by atoms with Gasteiger partial charge in [0.25, 0.3) is 0 Å². The van der Waals surface area contributed by atoms with Crippen LogP contribution in [0.2, 0.25) is 0 Å². The first-order chi connectivity index (χ1) is 9.63. The van der Waals surface area contributed by atoms with Crippen molar-refractivity contribution in [3.05, 3.63) is 0 Å². The summed E-state index contributed by atoms with van der Waals surface area (Å²) in [5.74, 6) is 0.0509. The van der Waals surface area contributed by atoms with Crippen molar-refractivity contribution >= 4 is 5.91 Å². The molecule has 1 fully saturated rings. The van der Waals surface area contributed by atoms with Crippen molar-refractivity contribution in [1.29, 1.82) is 0 Å². The van der Waals surface area contributed by atoms with E-state index in [0.29, 0.717) is 13.2 Å². The summed E-state index contributed by atoms with van der Waals surface area (Å²) < 4.78 is 10.3. The third kappa shape index (κ3) is 7.19. The highest BCUT2D eigenvalue weighted by atomic mass is 16.5. The van der Waals surface area contributed by atoms with Crippen LogP contribution in [-0.2, 0) is 14.3 Å². The van der Waals surface area contributed by atoms with Crippen molar-refractivity contribution in [2.45, 2.75) is 32.4 Å². The summed E-state index contributed by atoms with van der Waals surface area (Å²) in [6.45, 7) is 9.88. The Morgan fingerprint density at radius 1 is 1.35 bits per heavy atom. The van der Waals surface area contributed by atoms with E-state index in [2.05, 4.69) is 22.5 Å². The molecular weight excluding hydrogens is 258 g/mol.